The second kappa shape index (κ2) is 8.50. The zero-order chi connectivity index (χ0) is 18.4. The zero-order valence-electron chi connectivity index (χ0n) is 14.3. The van der Waals surface area contributed by atoms with Crippen LogP contribution < -0.4 is 4.74 Å². The van der Waals surface area contributed by atoms with Gasteiger partial charge in [-0.2, -0.15) is 0 Å². The van der Waals surface area contributed by atoms with Crippen molar-refractivity contribution in [2.75, 3.05) is 0 Å². The summed E-state index contributed by atoms with van der Waals surface area (Å²) in [7, 11) is 0. The standard InChI is InChI=1S/C22H18O3S/c1-16(23)18-10-7-11-19(14-18)25-22(24)20-12-5-6-13-21(20)26-15-17-8-3-2-4-9-17/h2-14H,15H2,1H3. The predicted molar refractivity (Wildman–Crippen MR) is 104 cm³/mol. The molecule has 0 radical (unpaired) electrons. The number of esters is 1. The number of hydrogen-bond acceptors (Lipinski definition) is 4. The molecule has 4 heteroatoms. The van der Waals surface area contributed by atoms with Gasteiger partial charge < -0.3 is 4.74 Å². The summed E-state index contributed by atoms with van der Waals surface area (Å²) in [5.41, 5.74) is 2.22. The molecule has 0 saturated heterocycles. The molecule has 0 atom stereocenters. The van der Waals surface area contributed by atoms with Crippen molar-refractivity contribution in [3.8, 4) is 5.75 Å². The van der Waals surface area contributed by atoms with E-state index in [4.69, 9.17) is 4.74 Å². The molecule has 3 rings (SSSR count). The molecule has 0 fully saturated rings. The van der Waals surface area contributed by atoms with Gasteiger partial charge in [0.25, 0.3) is 0 Å². The monoisotopic (exact) mass is 362 g/mol. The first-order valence-corrected chi connectivity index (χ1v) is 9.21. The summed E-state index contributed by atoms with van der Waals surface area (Å²) in [5, 5.41) is 0. The van der Waals surface area contributed by atoms with Gasteiger partial charge in [-0.3, -0.25) is 4.79 Å². The average Bonchev–Trinajstić information content (AvgIpc) is 2.67. The largest absolute Gasteiger partial charge is 0.423 e. The number of carbonyl (C=O) groups is 2. The molecule has 0 heterocycles. The highest BCUT2D eigenvalue weighted by Gasteiger charge is 2.14. The molecular formula is C22H18O3S. The van der Waals surface area contributed by atoms with Crippen LogP contribution in [0.5, 0.6) is 5.75 Å². The van der Waals surface area contributed by atoms with Crippen molar-refractivity contribution in [1.29, 1.82) is 0 Å². The smallest absolute Gasteiger partial charge is 0.344 e. The van der Waals surface area contributed by atoms with E-state index in [0.29, 0.717) is 16.9 Å². The van der Waals surface area contributed by atoms with Gasteiger partial charge in [-0.1, -0.05) is 54.6 Å². The summed E-state index contributed by atoms with van der Waals surface area (Å²) in [6, 6.07) is 24.1. The Morgan fingerprint density at radius 1 is 0.885 bits per heavy atom. The van der Waals surface area contributed by atoms with Crippen LogP contribution in [0.15, 0.2) is 83.8 Å². The third-order valence-corrected chi connectivity index (χ3v) is 4.94. The molecule has 3 aromatic rings. The SMILES string of the molecule is CC(=O)c1cccc(OC(=O)c2ccccc2SCc2ccccc2)c1. The van der Waals surface area contributed by atoms with E-state index >= 15 is 0 Å². The first kappa shape index (κ1) is 18.0. The van der Waals surface area contributed by atoms with Crippen LogP contribution in [0.2, 0.25) is 0 Å². The summed E-state index contributed by atoms with van der Waals surface area (Å²) < 4.78 is 5.48. The fourth-order valence-electron chi connectivity index (χ4n) is 2.44. The minimum atomic E-state index is -0.429. The number of carbonyl (C=O) groups excluding carboxylic acids is 2. The van der Waals surface area contributed by atoms with E-state index < -0.39 is 5.97 Å². The minimum absolute atomic E-state index is 0.0679. The molecule has 0 aliphatic rings. The van der Waals surface area contributed by atoms with Gasteiger partial charge in [0.2, 0.25) is 0 Å². The molecule has 26 heavy (non-hydrogen) atoms. The second-order valence-electron chi connectivity index (χ2n) is 5.74. The molecule has 0 amide bonds. The Morgan fingerprint density at radius 2 is 1.62 bits per heavy atom. The second-order valence-corrected chi connectivity index (χ2v) is 6.76. The van der Waals surface area contributed by atoms with Crippen LogP contribution in [0.25, 0.3) is 0 Å². The highest BCUT2D eigenvalue weighted by atomic mass is 32.2. The van der Waals surface area contributed by atoms with Crippen molar-refractivity contribution in [3.63, 3.8) is 0 Å². The van der Waals surface area contributed by atoms with Crippen molar-refractivity contribution in [2.45, 2.75) is 17.6 Å². The molecule has 0 aromatic heterocycles. The summed E-state index contributed by atoms with van der Waals surface area (Å²) in [5.74, 6) is 0.638. The van der Waals surface area contributed by atoms with Gasteiger partial charge in [-0.15, -0.1) is 11.8 Å². The Bertz CT molecular complexity index is 919. The molecule has 0 spiro atoms. The molecule has 0 unspecified atom stereocenters. The molecule has 0 N–H and O–H groups in total. The molecule has 0 saturated carbocycles. The Balaban J connectivity index is 1.75. The molecule has 3 nitrogen and oxygen atoms in total. The van der Waals surface area contributed by atoms with Gasteiger partial charge in [-0.25, -0.2) is 4.79 Å². The number of ketones is 1. The topological polar surface area (TPSA) is 43.4 Å². The van der Waals surface area contributed by atoms with E-state index in [9.17, 15) is 9.59 Å². The minimum Gasteiger partial charge on any atom is -0.423 e. The maximum absolute atomic E-state index is 12.6. The van der Waals surface area contributed by atoms with Crippen molar-refractivity contribution in [1.82, 2.24) is 0 Å². The number of benzene rings is 3. The Labute approximate surface area is 157 Å². The summed E-state index contributed by atoms with van der Waals surface area (Å²) in [6.45, 7) is 1.48. The maximum atomic E-state index is 12.6. The van der Waals surface area contributed by atoms with Gasteiger partial charge in [0.05, 0.1) is 5.56 Å². The van der Waals surface area contributed by atoms with Crippen molar-refractivity contribution in [3.05, 3.63) is 95.6 Å². The third-order valence-electron chi connectivity index (χ3n) is 3.80. The van der Waals surface area contributed by atoms with Gasteiger partial charge in [0, 0.05) is 16.2 Å². The molecular weight excluding hydrogens is 344 g/mol. The lowest BCUT2D eigenvalue weighted by atomic mass is 10.1. The van der Waals surface area contributed by atoms with Crippen LogP contribution in [0.4, 0.5) is 0 Å². The van der Waals surface area contributed by atoms with E-state index in [0.717, 1.165) is 10.6 Å². The summed E-state index contributed by atoms with van der Waals surface area (Å²) in [6.07, 6.45) is 0. The summed E-state index contributed by atoms with van der Waals surface area (Å²) in [4.78, 5) is 25.0. The van der Waals surface area contributed by atoms with Crippen molar-refractivity contribution < 1.29 is 14.3 Å². The number of rotatable bonds is 6. The number of Topliss-reactive ketones (excluding diaryl/α,β-unsaturated/α-hetero) is 1. The van der Waals surface area contributed by atoms with Crippen LogP contribution in [0.1, 0.15) is 33.2 Å². The Hall–Kier alpha value is -2.85. The normalized spacial score (nSPS) is 10.3. The lowest BCUT2D eigenvalue weighted by Gasteiger charge is -2.10. The quantitative estimate of drug-likeness (QED) is 0.255. The Kier molecular flexibility index (Phi) is 5.87. The molecule has 0 aliphatic heterocycles. The van der Waals surface area contributed by atoms with E-state index in [2.05, 4.69) is 12.1 Å². The third kappa shape index (κ3) is 4.61. The van der Waals surface area contributed by atoms with E-state index in [1.165, 1.54) is 12.5 Å². The molecule has 130 valence electrons. The van der Waals surface area contributed by atoms with Crippen LogP contribution >= 0.6 is 11.8 Å². The average molecular weight is 362 g/mol. The first-order valence-electron chi connectivity index (χ1n) is 8.22. The van der Waals surface area contributed by atoms with E-state index in [1.54, 1.807) is 42.1 Å². The fraction of sp³-hybridized carbons (Fsp3) is 0.0909. The highest BCUT2D eigenvalue weighted by Crippen LogP contribution is 2.27. The number of thioether (sulfide) groups is 1. The van der Waals surface area contributed by atoms with Crippen LogP contribution in [-0.2, 0) is 5.75 Å². The van der Waals surface area contributed by atoms with Crippen LogP contribution in [0.3, 0.4) is 0 Å². The van der Waals surface area contributed by atoms with Crippen molar-refractivity contribution >= 4 is 23.5 Å². The lowest BCUT2D eigenvalue weighted by molar-refractivity contribution is 0.0730. The highest BCUT2D eigenvalue weighted by molar-refractivity contribution is 7.98. The van der Waals surface area contributed by atoms with E-state index in [1.807, 2.05) is 36.4 Å². The molecule has 0 bridgehead atoms. The maximum Gasteiger partial charge on any atom is 0.344 e. The molecule has 0 aliphatic carbocycles. The first-order chi connectivity index (χ1) is 12.6. The summed E-state index contributed by atoms with van der Waals surface area (Å²) >= 11 is 1.59. The lowest BCUT2D eigenvalue weighted by Crippen LogP contribution is -2.10. The van der Waals surface area contributed by atoms with Gasteiger partial charge >= 0.3 is 5.97 Å². The fourth-order valence-corrected chi connectivity index (χ4v) is 3.43. The zero-order valence-corrected chi connectivity index (χ0v) is 15.2. The van der Waals surface area contributed by atoms with Gasteiger partial charge in [-0.05, 0) is 36.8 Å². The van der Waals surface area contributed by atoms with E-state index in [-0.39, 0.29) is 5.78 Å². The number of hydrogen-bond donors (Lipinski definition) is 0. The van der Waals surface area contributed by atoms with Gasteiger partial charge in [0.15, 0.2) is 5.78 Å². The predicted octanol–water partition coefficient (Wildman–Crippen LogP) is 5.40. The van der Waals surface area contributed by atoms with Crippen LogP contribution in [-0.4, -0.2) is 11.8 Å². The van der Waals surface area contributed by atoms with Crippen molar-refractivity contribution in [2.24, 2.45) is 0 Å². The number of ether oxygens (including phenoxy) is 1. The Morgan fingerprint density at radius 3 is 2.38 bits per heavy atom. The van der Waals surface area contributed by atoms with Gasteiger partial charge in [0.1, 0.15) is 5.75 Å². The molecule has 3 aromatic carbocycles. The van der Waals surface area contributed by atoms with Crippen LogP contribution in [0, 0.1) is 0 Å².